The molecule has 0 aliphatic rings. The molecule has 0 saturated heterocycles. The maximum atomic E-state index is 12.5. The summed E-state index contributed by atoms with van der Waals surface area (Å²) in [5.41, 5.74) is 0. The van der Waals surface area contributed by atoms with Crippen LogP contribution in [0.25, 0.3) is 0 Å². The quantitative estimate of drug-likeness (QED) is 0.0420. The van der Waals surface area contributed by atoms with E-state index in [-0.39, 0.29) is 12.5 Å². The molecule has 0 fully saturated rings. The Morgan fingerprint density at radius 1 is 0.352 bits per heavy atom. The number of nitrogens with one attached hydrogen (secondary N) is 1. The minimum atomic E-state index is -0.878. The van der Waals surface area contributed by atoms with Crippen LogP contribution >= 0.6 is 0 Å². The highest BCUT2D eigenvalue weighted by molar-refractivity contribution is 5.76. The topological polar surface area (TPSA) is 69.6 Å². The van der Waals surface area contributed by atoms with Crippen LogP contribution in [-0.4, -0.2) is 34.9 Å². The highest BCUT2D eigenvalue weighted by atomic mass is 16.3. The van der Waals surface area contributed by atoms with Gasteiger partial charge in [-0.1, -0.05) is 297 Å². The molecule has 0 saturated carbocycles. The molecule has 3 N–H and O–H groups in total. The number of amides is 1. The third-order valence-corrected chi connectivity index (χ3v) is 13.5. The summed E-state index contributed by atoms with van der Waals surface area (Å²) in [7, 11) is 0. The lowest BCUT2D eigenvalue weighted by Gasteiger charge is -2.19. The predicted molar refractivity (Wildman–Crippen MR) is 317 cm³/mol. The molecule has 0 aromatic carbocycles. The Balaban J connectivity index is 3.57. The van der Waals surface area contributed by atoms with Crippen LogP contribution in [-0.2, 0) is 4.79 Å². The van der Waals surface area contributed by atoms with E-state index >= 15 is 0 Å². The minimum absolute atomic E-state index is 0.0802. The first-order valence-electron chi connectivity index (χ1n) is 30.6. The molecule has 0 radical (unpaired) electrons. The fourth-order valence-corrected chi connectivity index (χ4v) is 8.86. The molecule has 0 aliphatic heterocycles. The summed E-state index contributed by atoms with van der Waals surface area (Å²) in [5, 5.41) is 23.2. The maximum Gasteiger partial charge on any atom is 0.220 e. The molecule has 4 heteroatoms. The van der Waals surface area contributed by atoms with Crippen LogP contribution in [0.2, 0.25) is 0 Å². The van der Waals surface area contributed by atoms with Gasteiger partial charge in [0, 0.05) is 6.42 Å². The molecule has 2 atom stereocenters. The number of aliphatic hydroxyl groups is 2. The van der Waals surface area contributed by atoms with E-state index in [1.165, 1.54) is 193 Å². The van der Waals surface area contributed by atoms with E-state index in [2.05, 4.69) is 116 Å². The molecule has 2 unspecified atom stereocenters. The molecular formula is C67H117NO3. The fraction of sp³-hybridized carbons (Fsp3) is 0.716. The summed E-state index contributed by atoms with van der Waals surface area (Å²) < 4.78 is 0. The molecule has 0 aromatic heterocycles. The average molecular weight is 985 g/mol. The number of hydrogen-bond donors (Lipinski definition) is 3. The monoisotopic (exact) mass is 984 g/mol. The van der Waals surface area contributed by atoms with Gasteiger partial charge in [0.25, 0.3) is 0 Å². The van der Waals surface area contributed by atoms with Crippen molar-refractivity contribution in [1.29, 1.82) is 0 Å². The molecule has 71 heavy (non-hydrogen) atoms. The van der Waals surface area contributed by atoms with Gasteiger partial charge in [-0.25, -0.2) is 0 Å². The number of allylic oxidation sites excluding steroid dienone is 17. The van der Waals surface area contributed by atoms with Gasteiger partial charge in [0.15, 0.2) is 0 Å². The lowest BCUT2D eigenvalue weighted by molar-refractivity contribution is -0.123. The molecule has 0 aromatic rings. The molecule has 1 amide bonds. The van der Waals surface area contributed by atoms with Gasteiger partial charge in [-0.3, -0.25) is 4.79 Å². The maximum absolute atomic E-state index is 12.5. The first kappa shape index (κ1) is 68.0. The molecular weight excluding hydrogens is 867 g/mol. The Bertz CT molecular complexity index is 1350. The molecule has 0 aliphatic carbocycles. The van der Waals surface area contributed by atoms with E-state index in [4.69, 9.17) is 0 Å². The standard InChI is InChI=1S/C67H117NO3/c1-3-5-7-9-11-13-15-17-19-21-23-25-27-29-31-32-33-34-35-36-37-39-41-43-45-47-49-51-53-55-57-59-61-63-67(71)68-65(64-69)66(70)62-60-58-56-54-52-50-48-46-44-42-40-38-30-28-26-24-22-20-18-16-14-12-10-8-6-4-2/h5,7,11,13,17,19,23,25,29,31,33-34,44,46,52,54,60,62,65-66,69-70H,3-4,6,8-10,12,14-16,18,20-22,24,26-28,30,32,35-43,45,47-51,53,55-59,61,63-64H2,1-2H3,(H,68,71)/b7-5-,13-11-,19-17-,25-23-,31-29-,34-33-,46-44+,54-52+,62-60+. The van der Waals surface area contributed by atoms with Gasteiger partial charge in [-0.05, 0) is 96.3 Å². The van der Waals surface area contributed by atoms with Crippen LogP contribution in [0, 0.1) is 0 Å². The molecule has 0 heterocycles. The highest BCUT2D eigenvalue weighted by Crippen LogP contribution is 2.16. The van der Waals surface area contributed by atoms with Crippen molar-refractivity contribution in [2.75, 3.05) is 6.61 Å². The van der Waals surface area contributed by atoms with Crippen LogP contribution in [0.1, 0.15) is 290 Å². The average Bonchev–Trinajstić information content (AvgIpc) is 3.37. The fourth-order valence-electron chi connectivity index (χ4n) is 8.86. The van der Waals surface area contributed by atoms with Crippen molar-refractivity contribution in [3.05, 3.63) is 109 Å². The first-order chi connectivity index (χ1) is 35.2. The Morgan fingerprint density at radius 2 is 0.634 bits per heavy atom. The summed E-state index contributed by atoms with van der Waals surface area (Å²) in [6, 6.07) is -0.653. The summed E-state index contributed by atoms with van der Waals surface area (Å²) in [5.74, 6) is -0.0802. The zero-order chi connectivity index (χ0) is 51.3. The number of rotatable bonds is 55. The smallest absolute Gasteiger partial charge is 0.220 e. The zero-order valence-electron chi connectivity index (χ0n) is 47.0. The van der Waals surface area contributed by atoms with Crippen molar-refractivity contribution < 1.29 is 15.0 Å². The van der Waals surface area contributed by atoms with Crippen molar-refractivity contribution >= 4 is 5.91 Å². The Kier molecular flexibility index (Phi) is 58.8. The van der Waals surface area contributed by atoms with Crippen LogP contribution in [0.5, 0.6) is 0 Å². The second-order valence-corrected chi connectivity index (χ2v) is 20.4. The van der Waals surface area contributed by atoms with Crippen LogP contribution < -0.4 is 5.32 Å². The van der Waals surface area contributed by atoms with Gasteiger partial charge in [-0.2, -0.15) is 0 Å². The SMILES string of the molecule is CC/C=C\C/C=C\C/C=C\C/C=C\C/C=C\C/C=C\CCCCCCCCCCCCCCCCC(=O)NC(CO)C(O)/C=C/CC/C=C/CC/C=C/CCCCCCCCCCCCCCCCCC. The van der Waals surface area contributed by atoms with Crippen molar-refractivity contribution in [2.24, 2.45) is 0 Å². The molecule has 408 valence electrons. The van der Waals surface area contributed by atoms with Gasteiger partial charge < -0.3 is 15.5 Å². The summed E-state index contributed by atoms with van der Waals surface area (Å²) >= 11 is 0. The number of unbranched alkanes of at least 4 members (excludes halogenated alkanes) is 32. The van der Waals surface area contributed by atoms with Gasteiger partial charge >= 0.3 is 0 Å². The van der Waals surface area contributed by atoms with Crippen LogP contribution in [0.15, 0.2) is 109 Å². The van der Waals surface area contributed by atoms with Crippen molar-refractivity contribution in [3.63, 3.8) is 0 Å². The van der Waals surface area contributed by atoms with Crippen molar-refractivity contribution in [3.8, 4) is 0 Å². The number of hydrogen-bond acceptors (Lipinski definition) is 3. The minimum Gasteiger partial charge on any atom is -0.394 e. The Morgan fingerprint density at radius 3 is 0.986 bits per heavy atom. The van der Waals surface area contributed by atoms with E-state index < -0.39 is 12.1 Å². The van der Waals surface area contributed by atoms with E-state index in [0.29, 0.717) is 6.42 Å². The molecule has 4 nitrogen and oxygen atoms in total. The highest BCUT2D eigenvalue weighted by Gasteiger charge is 2.18. The molecule has 0 spiro atoms. The Hall–Kier alpha value is -2.95. The third-order valence-electron chi connectivity index (χ3n) is 13.5. The summed E-state index contributed by atoms with van der Waals surface area (Å²) in [6.07, 6.45) is 92.7. The summed E-state index contributed by atoms with van der Waals surface area (Å²) in [6.45, 7) is 4.19. The van der Waals surface area contributed by atoms with Crippen LogP contribution in [0.3, 0.4) is 0 Å². The van der Waals surface area contributed by atoms with E-state index in [1.807, 2.05) is 6.08 Å². The number of aliphatic hydroxyl groups excluding tert-OH is 2. The van der Waals surface area contributed by atoms with Crippen molar-refractivity contribution in [1.82, 2.24) is 5.32 Å². The van der Waals surface area contributed by atoms with Crippen LogP contribution in [0.4, 0.5) is 0 Å². The third kappa shape index (κ3) is 57.8. The second-order valence-electron chi connectivity index (χ2n) is 20.4. The Labute approximate surface area is 442 Å². The predicted octanol–water partition coefficient (Wildman–Crippen LogP) is 20.6. The zero-order valence-corrected chi connectivity index (χ0v) is 47.0. The van der Waals surface area contributed by atoms with Gasteiger partial charge in [0.05, 0.1) is 18.8 Å². The van der Waals surface area contributed by atoms with E-state index in [0.717, 1.165) is 77.0 Å². The van der Waals surface area contributed by atoms with Gasteiger partial charge in [0.2, 0.25) is 5.91 Å². The largest absolute Gasteiger partial charge is 0.394 e. The van der Waals surface area contributed by atoms with Crippen molar-refractivity contribution in [2.45, 2.75) is 302 Å². The second kappa shape index (κ2) is 61.4. The number of carbonyl (C=O) groups excluding carboxylic acids is 1. The molecule has 0 rings (SSSR count). The van der Waals surface area contributed by atoms with E-state index in [9.17, 15) is 15.0 Å². The lowest BCUT2D eigenvalue weighted by atomic mass is 10.0. The first-order valence-corrected chi connectivity index (χ1v) is 30.6. The summed E-state index contributed by atoms with van der Waals surface area (Å²) in [4.78, 5) is 12.5. The number of carbonyl (C=O) groups is 1. The van der Waals surface area contributed by atoms with Gasteiger partial charge in [-0.15, -0.1) is 0 Å². The molecule has 0 bridgehead atoms. The normalized spacial score (nSPS) is 13.6. The lowest BCUT2D eigenvalue weighted by Crippen LogP contribution is -2.45. The van der Waals surface area contributed by atoms with E-state index in [1.54, 1.807) is 6.08 Å². The van der Waals surface area contributed by atoms with Gasteiger partial charge in [0.1, 0.15) is 0 Å².